The molecule has 0 aliphatic heterocycles. The summed E-state index contributed by atoms with van der Waals surface area (Å²) in [5.41, 5.74) is 5.51. The average Bonchev–Trinajstić information content (AvgIpc) is 2.14. The zero-order valence-corrected chi connectivity index (χ0v) is 8.12. The van der Waals surface area contributed by atoms with E-state index >= 15 is 0 Å². The van der Waals surface area contributed by atoms with E-state index in [1.807, 2.05) is 0 Å². The summed E-state index contributed by atoms with van der Waals surface area (Å²) in [5, 5.41) is 0. The quantitative estimate of drug-likeness (QED) is 0.863. The molecule has 0 heterocycles. The van der Waals surface area contributed by atoms with Crippen LogP contribution in [0.3, 0.4) is 0 Å². The number of nitrogens with two attached hydrogens (primary N) is 1. The second-order valence-electron chi connectivity index (χ2n) is 2.99. The van der Waals surface area contributed by atoms with Gasteiger partial charge in [-0.1, -0.05) is 12.1 Å². The molecule has 87 valence electrons. The van der Waals surface area contributed by atoms with Crippen molar-refractivity contribution in [1.29, 1.82) is 0 Å². The molecular formula is C10H9F3NO2. The van der Waals surface area contributed by atoms with Crippen LogP contribution in [0.15, 0.2) is 24.3 Å². The molecule has 1 radical (unpaired) electrons. The minimum Gasteiger partial charge on any atom is -0.406 e. The van der Waals surface area contributed by atoms with Crippen LogP contribution in [0.5, 0.6) is 5.75 Å². The molecule has 0 spiro atoms. The van der Waals surface area contributed by atoms with Crippen molar-refractivity contribution in [2.24, 2.45) is 5.73 Å². The molecule has 0 saturated carbocycles. The minimum atomic E-state index is -4.70. The third kappa shape index (κ3) is 4.68. The van der Waals surface area contributed by atoms with Crippen molar-refractivity contribution in [3.8, 4) is 5.75 Å². The van der Waals surface area contributed by atoms with Gasteiger partial charge in [-0.3, -0.25) is 4.79 Å². The van der Waals surface area contributed by atoms with E-state index in [0.29, 0.717) is 5.56 Å². The molecular weight excluding hydrogens is 223 g/mol. The summed E-state index contributed by atoms with van der Waals surface area (Å²) in [6, 6.07) is 5.15. The molecule has 0 aromatic heterocycles. The summed E-state index contributed by atoms with van der Waals surface area (Å²) in [6.45, 7) is 0. The number of benzene rings is 1. The summed E-state index contributed by atoms with van der Waals surface area (Å²) in [5.74, 6) is -0.806. The molecule has 0 aliphatic rings. The van der Waals surface area contributed by atoms with Crippen molar-refractivity contribution in [2.45, 2.75) is 12.8 Å². The van der Waals surface area contributed by atoms with Crippen LogP contribution in [-0.2, 0) is 4.79 Å². The predicted molar refractivity (Wildman–Crippen MR) is 50.3 cm³/mol. The zero-order chi connectivity index (χ0) is 12.2. The van der Waals surface area contributed by atoms with Crippen molar-refractivity contribution in [2.75, 3.05) is 0 Å². The Bertz CT molecular complexity index is 359. The average molecular weight is 232 g/mol. The van der Waals surface area contributed by atoms with Gasteiger partial charge in [0.05, 0.1) is 0 Å². The Kier molecular flexibility index (Phi) is 3.76. The minimum absolute atomic E-state index is 0.0411. The number of alkyl halides is 3. The lowest BCUT2D eigenvalue weighted by Crippen LogP contribution is -2.17. The SMILES string of the molecule is NC(=O)C[CH]c1ccc(OC(F)(F)F)cc1. The zero-order valence-electron chi connectivity index (χ0n) is 8.12. The second-order valence-corrected chi connectivity index (χ2v) is 2.99. The Balaban J connectivity index is 2.57. The summed E-state index contributed by atoms with van der Waals surface area (Å²) in [6.07, 6.45) is -3.14. The first kappa shape index (κ1) is 12.4. The third-order valence-corrected chi connectivity index (χ3v) is 1.65. The van der Waals surface area contributed by atoms with Gasteiger partial charge >= 0.3 is 6.36 Å². The lowest BCUT2D eigenvalue weighted by Gasteiger charge is -2.08. The fourth-order valence-electron chi connectivity index (χ4n) is 1.02. The van der Waals surface area contributed by atoms with Crippen LogP contribution in [0.2, 0.25) is 0 Å². The first-order valence-electron chi connectivity index (χ1n) is 4.34. The van der Waals surface area contributed by atoms with Gasteiger partial charge < -0.3 is 10.5 Å². The van der Waals surface area contributed by atoms with Crippen LogP contribution in [0.4, 0.5) is 13.2 Å². The molecule has 0 bridgehead atoms. The van der Waals surface area contributed by atoms with Gasteiger partial charge in [0.15, 0.2) is 0 Å². The van der Waals surface area contributed by atoms with Crippen LogP contribution in [0, 0.1) is 6.42 Å². The van der Waals surface area contributed by atoms with Gasteiger partial charge in [-0.05, 0) is 24.1 Å². The highest BCUT2D eigenvalue weighted by molar-refractivity contribution is 5.75. The maximum Gasteiger partial charge on any atom is 0.573 e. The number of halogens is 3. The number of primary amides is 1. The highest BCUT2D eigenvalue weighted by Crippen LogP contribution is 2.23. The van der Waals surface area contributed by atoms with Crippen molar-refractivity contribution >= 4 is 5.91 Å². The molecule has 1 aromatic carbocycles. The van der Waals surface area contributed by atoms with Crippen molar-refractivity contribution in [3.05, 3.63) is 36.2 Å². The first-order valence-corrected chi connectivity index (χ1v) is 4.34. The van der Waals surface area contributed by atoms with E-state index in [1.54, 1.807) is 0 Å². The van der Waals surface area contributed by atoms with E-state index in [2.05, 4.69) is 4.74 Å². The second kappa shape index (κ2) is 4.87. The molecule has 1 rings (SSSR count). The van der Waals surface area contributed by atoms with E-state index in [0.717, 1.165) is 0 Å². The normalized spacial score (nSPS) is 11.2. The van der Waals surface area contributed by atoms with Gasteiger partial charge in [0.25, 0.3) is 0 Å². The molecule has 2 N–H and O–H groups in total. The Morgan fingerprint density at radius 1 is 1.31 bits per heavy atom. The molecule has 3 nitrogen and oxygen atoms in total. The van der Waals surface area contributed by atoms with Crippen molar-refractivity contribution < 1.29 is 22.7 Å². The first-order chi connectivity index (χ1) is 7.37. The number of ether oxygens (including phenoxy) is 1. The maximum atomic E-state index is 11.8. The van der Waals surface area contributed by atoms with Crippen LogP contribution < -0.4 is 10.5 Å². The molecule has 0 saturated heterocycles. The number of hydrogen-bond acceptors (Lipinski definition) is 2. The molecule has 6 heteroatoms. The van der Waals surface area contributed by atoms with Crippen LogP contribution in [0.1, 0.15) is 12.0 Å². The number of amides is 1. The van der Waals surface area contributed by atoms with Gasteiger partial charge in [0, 0.05) is 6.42 Å². The van der Waals surface area contributed by atoms with E-state index in [1.165, 1.54) is 30.7 Å². The maximum absolute atomic E-state index is 11.8. The largest absolute Gasteiger partial charge is 0.573 e. The monoisotopic (exact) mass is 232 g/mol. The number of carbonyl (C=O) groups excluding carboxylic acids is 1. The standard InChI is InChI=1S/C10H9F3NO2/c11-10(12,13)16-8-4-1-7(2-5-8)3-6-9(14)15/h1-5H,6H2,(H2,14,15). The van der Waals surface area contributed by atoms with Gasteiger partial charge in [-0.15, -0.1) is 13.2 Å². The predicted octanol–water partition coefficient (Wildman–Crippen LogP) is 2.01. The van der Waals surface area contributed by atoms with Gasteiger partial charge in [0.1, 0.15) is 5.75 Å². The highest BCUT2D eigenvalue weighted by Gasteiger charge is 2.30. The molecule has 0 fully saturated rings. The van der Waals surface area contributed by atoms with Crippen molar-refractivity contribution in [1.82, 2.24) is 0 Å². The van der Waals surface area contributed by atoms with E-state index in [-0.39, 0.29) is 12.2 Å². The van der Waals surface area contributed by atoms with Crippen molar-refractivity contribution in [3.63, 3.8) is 0 Å². The van der Waals surface area contributed by atoms with Gasteiger partial charge in [-0.25, -0.2) is 0 Å². The smallest absolute Gasteiger partial charge is 0.406 e. The van der Waals surface area contributed by atoms with E-state index in [9.17, 15) is 18.0 Å². The summed E-state index contributed by atoms with van der Waals surface area (Å²) >= 11 is 0. The fourth-order valence-corrected chi connectivity index (χ4v) is 1.02. The van der Waals surface area contributed by atoms with E-state index in [4.69, 9.17) is 5.73 Å². The van der Waals surface area contributed by atoms with Crippen LogP contribution in [0.25, 0.3) is 0 Å². The molecule has 16 heavy (non-hydrogen) atoms. The molecule has 0 aliphatic carbocycles. The highest BCUT2D eigenvalue weighted by atomic mass is 19.4. The van der Waals surface area contributed by atoms with Gasteiger partial charge in [0.2, 0.25) is 5.91 Å². The Morgan fingerprint density at radius 3 is 2.31 bits per heavy atom. The lowest BCUT2D eigenvalue weighted by atomic mass is 10.1. The number of carbonyl (C=O) groups is 1. The van der Waals surface area contributed by atoms with Gasteiger partial charge in [-0.2, -0.15) is 0 Å². The lowest BCUT2D eigenvalue weighted by molar-refractivity contribution is -0.274. The van der Waals surface area contributed by atoms with Crippen LogP contribution in [-0.4, -0.2) is 12.3 Å². The number of hydrogen-bond donors (Lipinski definition) is 1. The Labute approximate surface area is 90.0 Å². The molecule has 1 amide bonds. The fraction of sp³-hybridized carbons (Fsp3) is 0.200. The summed E-state index contributed by atoms with van der Waals surface area (Å²) < 4.78 is 39.1. The van der Waals surface area contributed by atoms with E-state index < -0.39 is 12.3 Å². The molecule has 1 aromatic rings. The Hall–Kier alpha value is -1.72. The summed E-state index contributed by atoms with van der Waals surface area (Å²) in [4.78, 5) is 10.4. The van der Waals surface area contributed by atoms with Crippen LogP contribution >= 0.6 is 0 Å². The summed E-state index contributed by atoms with van der Waals surface area (Å²) in [7, 11) is 0. The Morgan fingerprint density at radius 2 is 1.88 bits per heavy atom. The topological polar surface area (TPSA) is 52.3 Å². The third-order valence-electron chi connectivity index (χ3n) is 1.65. The number of rotatable bonds is 4. The molecule has 0 atom stereocenters. The molecule has 0 unspecified atom stereocenters.